The third kappa shape index (κ3) is 2.90. The molecule has 2 aromatic heterocycles. The van der Waals surface area contributed by atoms with Crippen LogP contribution in [-0.4, -0.2) is 40.1 Å². The summed E-state index contributed by atoms with van der Waals surface area (Å²) in [4.78, 5) is 18.7. The van der Waals surface area contributed by atoms with Crippen molar-refractivity contribution in [2.45, 2.75) is 6.42 Å². The van der Waals surface area contributed by atoms with Crippen LogP contribution < -0.4 is 5.32 Å². The molecule has 1 aromatic carbocycles. The average Bonchev–Trinajstić information content (AvgIpc) is 2.93. The number of carbonyl (C=O) groups is 1. The molecule has 140 valence electrons. The lowest BCUT2D eigenvalue weighted by Gasteiger charge is -2.26. The molecule has 0 saturated carbocycles. The summed E-state index contributed by atoms with van der Waals surface area (Å²) in [5.74, 6) is -1.62. The molecule has 3 heterocycles. The molecule has 27 heavy (non-hydrogen) atoms. The van der Waals surface area contributed by atoms with E-state index < -0.39 is 18.3 Å². The van der Waals surface area contributed by atoms with E-state index in [0.717, 1.165) is 17.8 Å². The van der Waals surface area contributed by atoms with Gasteiger partial charge >= 0.3 is 0 Å². The summed E-state index contributed by atoms with van der Waals surface area (Å²) < 4.78 is 41.0. The second-order valence-corrected chi connectivity index (χ2v) is 6.43. The maximum absolute atomic E-state index is 13.4. The molecule has 1 aliphatic rings. The van der Waals surface area contributed by atoms with E-state index in [2.05, 4.69) is 10.3 Å². The number of halogens is 3. The molecule has 5 nitrogen and oxygen atoms in total. The first-order valence-electron chi connectivity index (χ1n) is 8.55. The number of fused-ring (bicyclic) bond motifs is 3. The summed E-state index contributed by atoms with van der Waals surface area (Å²) >= 11 is 0. The van der Waals surface area contributed by atoms with Crippen LogP contribution in [0.4, 0.5) is 24.7 Å². The lowest BCUT2D eigenvalue weighted by atomic mass is 10.0. The molecule has 4 rings (SSSR count). The number of hydrogen-bond donors (Lipinski definition) is 1. The number of anilines is 2. The number of pyridine rings is 1. The van der Waals surface area contributed by atoms with Gasteiger partial charge in [0.05, 0.1) is 5.56 Å². The molecule has 0 unspecified atom stereocenters. The van der Waals surface area contributed by atoms with Gasteiger partial charge in [-0.05, 0) is 24.3 Å². The van der Waals surface area contributed by atoms with Gasteiger partial charge in [0.15, 0.2) is 11.6 Å². The van der Waals surface area contributed by atoms with Crippen molar-refractivity contribution in [3.05, 3.63) is 53.2 Å². The van der Waals surface area contributed by atoms with Crippen LogP contribution in [0.5, 0.6) is 0 Å². The van der Waals surface area contributed by atoms with Gasteiger partial charge in [-0.3, -0.25) is 4.79 Å². The summed E-state index contributed by atoms with van der Waals surface area (Å²) in [6.07, 6.45) is 0.625. The van der Waals surface area contributed by atoms with Crippen molar-refractivity contribution in [2.24, 2.45) is 7.05 Å². The zero-order valence-corrected chi connectivity index (χ0v) is 14.6. The second kappa shape index (κ2) is 6.61. The topological polar surface area (TPSA) is 50.2 Å². The molecule has 0 radical (unpaired) electrons. The van der Waals surface area contributed by atoms with Crippen LogP contribution in [0.2, 0.25) is 0 Å². The van der Waals surface area contributed by atoms with Gasteiger partial charge in [-0.15, -0.1) is 0 Å². The lowest BCUT2D eigenvalue weighted by Crippen LogP contribution is -2.39. The molecule has 0 atom stereocenters. The average molecular weight is 374 g/mol. The van der Waals surface area contributed by atoms with Crippen molar-refractivity contribution in [2.75, 3.05) is 25.1 Å². The first-order valence-corrected chi connectivity index (χ1v) is 8.55. The second-order valence-electron chi connectivity index (χ2n) is 6.43. The molecule has 1 amide bonds. The minimum atomic E-state index is -0.950. The number of nitrogens with one attached hydrogen (secondary N) is 1. The van der Waals surface area contributed by atoms with Crippen molar-refractivity contribution in [1.82, 2.24) is 14.5 Å². The summed E-state index contributed by atoms with van der Waals surface area (Å²) in [6, 6.07) is 6.94. The first-order chi connectivity index (χ1) is 13.0. The number of aryl methyl sites for hydroxylation is 1. The number of hydrogen-bond acceptors (Lipinski definition) is 3. The zero-order valence-electron chi connectivity index (χ0n) is 14.6. The maximum atomic E-state index is 13.4. The van der Waals surface area contributed by atoms with Crippen molar-refractivity contribution in [3.63, 3.8) is 0 Å². The van der Waals surface area contributed by atoms with E-state index in [4.69, 9.17) is 0 Å². The molecule has 0 aliphatic carbocycles. The quantitative estimate of drug-likeness (QED) is 0.760. The van der Waals surface area contributed by atoms with Crippen LogP contribution >= 0.6 is 0 Å². The standard InChI is InChI=1S/C19H17F3N4O/c1-25-15-6-8-26(9-7-20)19(27)17(15)12-3-5-16(24-18(12)25)23-11-2-4-13(21)14(22)10-11/h2-5,10H,6-9H2,1H3,(H,23,24). The lowest BCUT2D eigenvalue weighted by molar-refractivity contribution is 0.0729. The molecule has 8 heteroatoms. The van der Waals surface area contributed by atoms with Crippen LogP contribution in [0.25, 0.3) is 11.0 Å². The monoisotopic (exact) mass is 374 g/mol. The van der Waals surface area contributed by atoms with Crippen LogP contribution in [0, 0.1) is 11.6 Å². The van der Waals surface area contributed by atoms with Crippen molar-refractivity contribution < 1.29 is 18.0 Å². The number of alkyl halides is 1. The fraction of sp³-hybridized carbons (Fsp3) is 0.263. The normalized spacial score (nSPS) is 13.9. The van der Waals surface area contributed by atoms with Gasteiger partial charge in [-0.25, -0.2) is 18.2 Å². The largest absolute Gasteiger partial charge is 0.340 e. The van der Waals surface area contributed by atoms with Crippen molar-refractivity contribution >= 4 is 28.4 Å². The van der Waals surface area contributed by atoms with Crippen molar-refractivity contribution in [1.29, 1.82) is 0 Å². The van der Waals surface area contributed by atoms with E-state index in [9.17, 15) is 18.0 Å². The summed E-state index contributed by atoms with van der Waals surface area (Å²) in [5.41, 5.74) is 2.38. The Kier molecular flexibility index (Phi) is 4.25. The first kappa shape index (κ1) is 17.4. The highest BCUT2D eigenvalue weighted by atomic mass is 19.2. The SMILES string of the molecule is Cn1c2c(c3ccc(Nc4ccc(F)c(F)c4)nc31)C(=O)N(CCF)CC2. The molecule has 3 aromatic rings. The minimum absolute atomic E-state index is 0.0812. The molecular formula is C19H17F3N4O. The van der Waals surface area contributed by atoms with Gasteiger partial charge in [0, 0.05) is 49.4 Å². The third-order valence-electron chi connectivity index (χ3n) is 4.82. The van der Waals surface area contributed by atoms with E-state index in [-0.39, 0.29) is 12.5 Å². The molecule has 0 saturated heterocycles. The number of carbonyl (C=O) groups excluding carboxylic acids is 1. The molecular weight excluding hydrogens is 357 g/mol. The highest BCUT2D eigenvalue weighted by Crippen LogP contribution is 2.30. The summed E-state index contributed by atoms with van der Waals surface area (Å²) in [5, 5.41) is 3.63. The number of benzene rings is 1. The maximum Gasteiger partial charge on any atom is 0.256 e. The number of nitrogens with zero attached hydrogens (tertiary/aromatic N) is 3. The van der Waals surface area contributed by atoms with E-state index in [1.807, 2.05) is 11.6 Å². The zero-order chi connectivity index (χ0) is 19.1. The summed E-state index contributed by atoms with van der Waals surface area (Å²) in [6.45, 7) is -0.0237. The fourth-order valence-electron chi connectivity index (χ4n) is 3.49. The summed E-state index contributed by atoms with van der Waals surface area (Å²) in [7, 11) is 1.83. The molecule has 1 aliphatic heterocycles. The highest BCUT2D eigenvalue weighted by Gasteiger charge is 2.30. The molecule has 0 bridgehead atoms. The predicted octanol–water partition coefficient (Wildman–Crippen LogP) is 3.56. The fourth-order valence-corrected chi connectivity index (χ4v) is 3.49. The molecule has 0 fully saturated rings. The molecule has 1 N–H and O–H groups in total. The Morgan fingerprint density at radius 2 is 2.00 bits per heavy atom. The Bertz CT molecular complexity index is 1050. The van der Waals surface area contributed by atoms with Gasteiger partial charge in [0.25, 0.3) is 5.91 Å². The number of amides is 1. The Labute approximate surface area is 153 Å². The van der Waals surface area contributed by atoms with E-state index >= 15 is 0 Å². The van der Waals surface area contributed by atoms with E-state index in [0.29, 0.717) is 41.1 Å². The Morgan fingerprint density at radius 3 is 2.74 bits per heavy atom. The van der Waals surface area contributed by atoms with Crippen LogP contribution in [0.1, 0.15) is 16.1 Å². The van der Waals surface area contributed by atoms with Crippen LogP contribution in [0.3, 0.4) is 0 Å². The van der Waals surface area contributed by atoms with Gasteiger partial charge < -0.3 is 14.8 Å². The van der Waals surface area contributed by atoms with Gasteiger partial charge in [0.1, 0.15) is 18.1 Å². The van der Waals surface area contributed by atoms with Gasteiger partial charge in [-0.1, -0.05) is 0 Å². The Morgan fingerprint density at radius 1 is 1.19 bits per heavy atom. The van der Waals surface area contributed by atoms with Gasteiger partial charge in [-0.2, -0.15) is 0 Å². The number of aromatic nitrogens is 2. The Hall–Kier alpha value is -3.03. The minimum Gasteiger partial charge on any atom is -0.340 e. The smallest absolute Gasteiger partial charge is 0.256 e. The highest BCUT2D eigenvalue weighted by molar-refractivity contribution is 6.08. The third-order valence-corrected chi connectivity index (χ3v) is 4.82. The van der Waals surface area contributed by atoms with E-state index in [1.165, 1.54) is 11.0 Å². The Balaban J connectivity index is 1.73. The van der Waals surface area contributed by atoms with Gasteiger partial charge in [0.2, 0.25) is 0 Å². The van der Waals surface area contributed by atoms with Crippen LogP contribution in [0.15, 0.2) is 30.3 Å². The van der Waals surface area contributed by atoms with E-state index in [1.54, 1.807) is 12.1 Å². The predicted molar refractivity (Wildman–Crippen MR) is 95.9 cm³/mol. The number of rotatable bonds is 4. The van der Waals surface area contributed by atoms with Crippen LogP contribution in [-0.2, 0) is 13.5 Å². The van der Waals surface area contributed by atoms with Crippen molar-refractivity contribution in [3.8, 4) is 0 Å². The molecule has 0 spiro atoms.